The number of hydrogen-bond acceptors (Lipinski definition) is 5. The summed E-state index contributed by atoms with van der Waals surface area (Å²) in [6.07, 6.45) is 3.95. The largest absolute Gasteiger partial charge is 0.437 e. The first kappa shape index (κ1) is 15.1. The molecule has 0 radical (unpaired) electrons. The Hall–Kier alpha value is -2.47. The molecule has 1 N–H and O–H groups in total. The Morgan fingerprint density at radius 1 is 1.25 bits per heavy atom. The van der Waals surface area contributed by atoms with Crippen LogP contribution >= 0.6 is 0 Å². The average Bonchev–Trinajstić information content (AvgIpc) is 3.18. The number of oxazole rings is 1. The summed E-state index contributed by atoms with van der Waals surface area (Å²) in [7, 11) is 0. The van der Waals surface area contributed by atoms with Crippen molar-refractivity contribution in [2.75, 3.05) is 0 Å². The van der Waals surface area contributed by atoms with Crippen LogP contribution in [0.15, 0.2) is 34.9 Å². The zero-order valence-corrected chi connectivity index (χ0v) is 13.8. The second kappa shape index (κ2) is 5.87. The maximum absolute atomic E-state index is 9.40. The van der Waals surface area contributed by atoms with E-state index in [1.807, 2.05) is 12.1 Å². The molecule has 0 saturated heterocycles. The molecule has 0 bridgehead atoms. The quantitative estimate of drug-likeness (QED) is 0.778. The van der Waals surface area contributed by atoms with Crippen LogP contribution in [0.4, 0.5) is 0 Å². The Labute approximate surface area is 140 Å². The maximum atomic E-state index is 9.40. The number of hydrogen-bond donors (Lipinski definition) is 1. The number of aromatic nitrogens is 4. The van der Waals surface area contributed by atoms with Gasteiger partial charge in [0.25, 0.3) is 0 Å². The van der Waals surface area contributed by atoms with Gasteiger partial charge in [0, 0.05) is 5.92 Å². The highest BCUT2D eigenvalue weighted by Gasteiger charge is 2.29. The van der Waals surface area contributed by atoms with Crippen LogP contribution in [0.5, 0.6) is 0 Å². The molecule has 2 aromatic heterocycles. The highest BCUT2D eigenvalue weighted by Crippen LogP contribution is 2.40. The molecule has 4 rings (SSSR count). The maximum Gasteiger partial charge on any atom is 0.201 e. The molecule has 1 aliphatic carbocycles. The third-order valence-electron chi connectivity index (χ3n) is 4.27. The van der Waals surface area contributed by atoms with E-state index in [4.69, 9.17) is 4.42 Å². The Bertz CT molecular complexity index is 844. The summed E-state index contributed by atoms with van der Waals surface area (Å²) in [6, 6.07) is 8.18. The van der Waals surface area contributed by atoms with Crippen LogP contribution in [-0.2, 0) is 6.61 Å². The Kier molecular flexibility index (Phi) is 3.69. The number of benzene rings is 1. The lowest BCUT2D eigenvalue weighted by Crippen LogP contribution is -2.00. The van der Waals surface area contributed by atoms with Crippen molar-refractivity contribution in [2.24, 2.45) is 0 Å². The summed E-state index contributed by atoms with van der Waals surface area (Å²) in [5.74, 6) is 3.19. The molecule has 0 amide bonds. The van der Waals surface area contributed by atoms with Crippen molar-refractivity contribution in [3.05, 3.63) is 47.7 Å². The molecule has 2 heterocycles. The average molecular weight is 324 g/mol. The fourth-order valence-corrected chi connectivity index (χ4v) is 2.67. The lowest BCUT2D eigenvalue weighted by Gasteiger charge is -2.08. The van der Waals surface area contributed by atoms with E-state index < -0.39 is 0 Å². The van der Waals surface area contributed by atoms with Gasteiger partial charge in [-0.3, -0.25) is 0 Å². The monoisotopic (exact) mass is 324 g/mol. The molecule has 6 nitrogen and oxygen atoms in total. The third kappa shape index (κ3) is 2.73. The van der Waals surface area contributed by atoms with Crippen LogP contribution in [0.1, 0.15) is 55.8 Å². The topological polar surface area (TPSA) is 77.0 Å². The molecule has 24 heavy (non-hydrogen) atoms. The number of rotatable bonds is 5. The molecule has 1 fully saturated rings. The number of aliphatic hydroxyl groups excluding tert-OH is 1. The molecule has 0 aliphatic heterocycles. The zero-order chi connectivity index (χ0) is 16.7. The van der Waals surface area contributed by atoms with Crippen LogP contribution in [0.25, 0.3) is 17.3 Å². The molecule has 0 atom stereocenters. The van der Waals surface area contributed by atoms with Gasteiger partial charge in [-0.1, -0.05) is 26.0 Å². The van der Waals surface area contributed by atoms with Gasteiger partial charge in [-0.25, -0.2) is 14.6 Å². The summed E-state index contributed by atoms with van der Waals surface area (Å²) in [4.78, 5) is 8.75. The predicted octanol–water partition coefficient (Wildman–Crippen LogP) is 3.42. The minimum absolute atomic E-state index is 0.215. The van der Waals surface area contributed by atoms with Crippen molar-refractivity contribution >= 4 is 0 Å². The van der Waals surface area contributed by atoms with E-state index in [1.165, 1.54) is 5.56 Å². The molecular formula is C18H20N4O2. The zero-order valence-electron chi connectivity index (χ0n) is 13.8. The smallest absolute Gasteiger partial charge is 0.201 e. The van der Waals surface area contributed by atoms with Gasteiger partial charge in [-0.05, 0) is 36.5 Å². The summed E-state index contributed by atoms with van der Waals surface area (Å²) in [5, 5.41) is 13.8. The van der Waals surface area contributed by atoms with Gasteiger partial charge < -0.3 is 9.52 Å². The normalized spacial score (nSPS) is 14.5. The standard InChI is InChI=1S/C18H20N4O2/c1-11(2)12-5-7-14(8-6-12)22-17(20-16(10-23)21-22)15-9-19-18(24-15)13-3-4-13/h5-9,11,13,23H,3-4,10H2,1-2H3. The van der Waals surface area contributed by atoms with Gasteiger partial charge >= 0.3 is 0 Å². The van der Waals surface area contributed by atoms with E-state index in [0.717, 1.165) is 24.4 Å². The molecule has 0 unspecified atom stereocenters. The molecule has 1 saturated carbocycles. The van der Waals surface area contributed by atoms with E-state index in [2.05, 4.69) is 41.0 Å². The molecule has 0 spiro atoms. The molecule has 3 aromatic rings. The van der Waals surface area contributed by atoms with Crippen molar-refractivity contribution in [2.45, 2.75) is 45.1 Å². The SMILES string of the molecule is CC(C)c1ccc(-n2nc(CO)nc2-c2cnc(C3CC3)o2)cc1. The summed E-state index contributed by atoms with van der Waals surface area (Å²) in [5.41, 5.74) is 2.14. The van der Waals surface area contributed by atoms with Gasteiger partial charge in [-0.15, -0.1) is 5.10 Å². The van der Waals surface area contributed by atoms with Crippen molar-refractivity contribution in [1.29, 1.82) is 0 Å². The first-order valence-electron chi connectivity index (χ1n) is 8.29. The molecular weight excluding hydrogens is 304 g/mol. The van der Waals surface area contributed by atoms with E-state index >= 15 is 0 Å². The number of aliphatic hydroxyl groups is 1. The van der Waals surface area contributed by atoms with Gasteiger partial charge in [0.2, 0.25) is 5.82 Å². The first-order chi connectivity index (χ1) is 11.7. The van der Waals surface area contributed by atoms with E-state index in [-0.39, 0.29) is 6.61 Å². The fraction of sp³-hybridized carbons (Fsp3) is 0.389. The Morgan fingerprint density at radius 3 is 2.62 bits per heavy atom. The lowest BCUT2D eigenvalue weighted by atomic mass is 10.0. The van der Waals surface area contributed by atoms with Crippen molar-refractivity contribution in [1.82, 2.24) is 19.7 Å². The van der Waals surface area contributed by atoms with Crippen molar-refractivity contribution < 1.29 is 9.52 Å². The van der Waals surface area contributed by atoms with Crippen molar-refractivity contribution in [3.63, 3.8) is 0 Å². The molecule has 1 aromatic carbocycles. The fourth-order valence-electron chi connectivity index (χ4n) is 2.67. The second-order valence-electron chi connectivity index (χ2n) is 6.50. The van der Waals surface area contributed by atoms with Crippen molar-refractivity contribution in [3.8, 4) is 17.3 Å². The van der Waals surface area contributed by atoms with E-state index in [9.17, 15) is 5.11 Å². The summed E-state index contributed by atoms with van der Waals surface area (Å²) < 4.78 is 7.56. The molecule has 124 valence electrons. The second-order valence-corrected chi connectivity index (χ2v) is 6.50. The third-order valence-corrected chi connectivity index (χ3v) is 4.27. The van der Waals surface area contributed by atoms with Gasteiger partial charge in [0.15, 0.2) is 17.5 Å². The Morgan fingerprint density at radius 2 is 2.00 bits per heavy atom. The van der Waals surface area contributed by atoms with Gasteiger partial charge in [0.1, 0.15) is 6.61 Å². The Balaban J connectivity index is 1.74. The van der Waals surface area contributed by atoms with Crippen LogP contribution in [0, 0.1) is 0 Å². The highest BCUT2D eigenvalue weighted by molar-refractivity contribution is 5.51. The van der Waals surface area contributed by atoms with E-state index in [1.54, 1.807) is 10.9 Å². The van der Waals surface area contributed by atoms with Crippen LogP contribution < -0.4 is 0 Å². The minimum atomic E-state index is -0.215. The molecule has 1 aliphatic rings. The summed E-state index contributed by atoms with van der Waals surface area (Å²) >= 11 is 0. The highest BCUT2D eigenvalue weighted by atomic mass is 16.4. The van der Waals surface area contributed by atoms with Crippen LogP contribution in [-0.4, -0.2) is 24.9 Å². The predicted molar refractivity (Wildman–Crippen MR) is 88.8 cm³/mol. The molecule has 6 heteroatoms. The lowest BCUT2D eigenvalue weighted by molar-refractivity contribution is 0.271. The minimum Gasteiger partial charge on any atom is -0.437 e. The van der Waals surface area contributed by atoms with Gasteiger partial charge in [0.05, 0.1) is 11.9 Å². The van der Waals surface area contributed by atoms with Crippen LogP contribution in [0.2, 0.25) is 0 Å². The summed E-state index contributed by atoms with van der Waals surface area (Å²) in [6.45, 7) is 4.11. The van der Waals surface area contributed by atoms with Gasteiger partial charge in [-0.2, -0.15) is 0 Å². The number of nitrogens with zero attached hydrogens (tertiary/aromatic N) is 4. The first-order valence-corrected chi connectivity index (χ1v) is 8.29. The van der Waals surface area contributed by atoms with Crippen LogP contribution in [0.3, 0.4) is 0 Å². The van der Waals surface area contributed by atoms with E-state index in [0.29, 0.717) is 29.2 Å².